The van der Waals surface area contributed by atoms with Crippen LogP contribution in [-0.4, -0.2) is 30.3 Å². The SMILES string of the molecule is Cc1ccccc1C(=O)CCN1CC(C)CC(C)C1. The molecule has 0 aliphatic carbocycles. The van der Waals surface area contributed by atoms with Crippen molar-refractivity contribution < 1.29 is 4.79 Å². The van der Waals surface area contributed by atoms with Gasteiger partial charge in [-0.2, -0.15) is 0 Å². The molecule has 0 amide bonds. The molecule has 1 aliphatic heterocycles. The fraction of sp³-hybridized carbons (Fsp3) is 0.588. The summed E-state index contributed by atoms with van der Waals surface area (Å²) in [5.74, 6) is 1.80. The first-order valence-corrected chi connectivity index (χ1v) is 7.37. The molecule has 1 aliphatic rings. The number of carbonyl (C=O) groups excluding carboxylic acids is 1. The van der Waals surface area contributed by atoms with Crippen molar-refractivity contribution in [3.8, 4) is 0 Å². The van der Waals surface area contributed by atoms with Gasteiger partial charge in [0.2, 0.25) is 0 Å². The second kappa shape index (κ2) is 6.33. The standard InChI is InChI=1S/C17H25NO/c1-13-10-14(2)12-18(11-13)9-8-17(19)16-7-5-4-6-15(16)3/h4-7,13-14H,8-12H2,1-3H3. The lowest BCUT2D eigenvalue weighted by atomic mass is 9.91. The smallest absolute Gasteiger partial charge is 0.164 e. The predicted octanol–water partition coefficient (Wildman–Crippen LogP) is 3.55. The van der Waals surface area contributed by atoms with Gasteiger partial charge in [0, 0.05) is 31.6 Å². The Hall–Kier alpha value is -1.15. The van der Waals surface area contributed by atoms with E-state index in [9.17, 15) is 4.79 Å². The van der Waals surface area contributed by atoms with E-state index in [1.54, 1.807) is 0 Å². The summed E-state index contributed by atoms with van der Waals surface area (Å²) >= 11 is 0. The van der Waals surface area contributed by atoms with E-state index in [2.05, 4.69) is 18.7 Å². The van der Waals surface area contributed by atoms with Crippen molar-refractivity contribution in [3.05, 3.63) is 35.4 Å². The van der Waals surface area contributed by atoms with E-state index in [4.69, 9.17) is 0 Å². The quantitative estimate of drug-likeness (QED) is 0.771. The van der Waals surface area contributed by atoms with Gasteiger partial charge in [-0.3, -0.25) is 4.79 Å². The highest BCUT2D eigenvalue weighted by atomic mass is 16.1. The summed E-state index contributed by atoms with van der Waals surface area (Å²) in [5, 5.41) is 0. The second-order valence-corrected chi connectivity index (χ2v) is 6.19. The van der Waals surface area contributed by atoms with Crippen LogP contribution in [0.15, 0.2) is 24.3 Å². The maximum Gasteiger partial charge on any atom is 0.164 e. The van der Waals surface area contributed by atoms with Crippen molar-refractivity contribution in [2.75, 3.05) is 19.6 Å². The Morgan fingerprint density at radius 1 is 1.21 bits per heavy atom. The molecule has 0 radical (unpaired) electrons. The molecule has 2 unspecified atom stereocenters. The highest BCUT2D eigenvalue weighted by molar-refractivity contribution is 5.97. The maximum absolute atomic E-state index is 12.2. The van der Waals surface area contributed by atoms with Crippen LogP contribution in [0.1, 0.15) is 42.6 Å². The molecular formula is C17H25NO. The number of carbonyl (C=O) groups is 1. The topological polar surface area (TPSA) is 20.3 Å². The number of hydrogen-bond donors (Lipinski definition) is 0. The molecule has 0 saturated carbocycles. The number of benzene rings is 1. The minimum atomic E-state index is 0.281. The van der Waals surface area contributed by atoms with Crippen LogP contribution >= 0.6 is 0 Å². The van der Waals surface area contributed by atoms with E-state index < -0.39 is 0 Å². The average molecular weight is 259 g/mol. The first kappa shape index (κ1) is 14.3. The largest absolute Gasteiger partial charge is 0.302 e. The minimum Gasteiger partial charge on any atom is -0.302 e. The third-order valence-electron chi connectivity index (χ3n) is 4.05. The molecule has 1 aromatic rings. The lowest BCUT2D eigenvalue weighted by Crippen LogP contribution is -2.39. The van der Waals surface area contributed by atoms with Crippen LogP contribution in [0.3, 0.4) is 0 Å². The van der Waals surface area contributed by atoms with Crippen molar-refractivity contribution in [1.29, 1.82) is 0 Å². The molecule has 1 aromatic carbocycles. The van der Waals surface area contributed by atoms with E-state index in [1.807, 2.05) is 31.2 Å². The monoisotopic (exact) mass is 259 g/mol. The van der Waals surface area contributed by atoms with Crippen molar-refractivity contribution >= 4 is 5.78 Å². The molecule has 19 heavy (non-hydrogen) atoms. The molecule has 1 saturated heterocycles. The van der Waals surface area contributed by atoms with E-state index in [0.717, 1.165) is 42.6 Å². The van der Waals surface area contributed by atoms with Gasteiger partial charge in [-0.1, -0.05) is 38.1 Å². The molecule has 0 spiro atoms. The van der Waals surface area contributed by atoms with Gasteiger partial charge < -0.3 is 4.90 Å². The average Bonchev–Trinajstić information content (AvgIpc) is 2.35. The Kier molecular flexibility index (Phi) is 4.76. The van der Waals surface area contributed by atoms with Crippen molar-refractivity contribution in [2.45, 2.75) is 33.6 Å². The first-order chi connectivity index (χ1) is 9.06. The molecule has 0 bridgehead atoms. The van der Waals surface area contributed by atoms with Gasteiger partial charge in [0.05, 0.1) is 0 Å². The minimum absolute atomic E-state index is 0.281. The number of likely N-dealkylation sites (tertiary alicyclic amines) is 1. The fourth-order valence-electron chi connectivity index (χ4n) is 3.25. The van der Waals surface area contributed by atoms with Crippen LogP contribution in [0.5, 0.6) is 0 Å². The molecule has 0 aromatic heterocycles. The first-order valence-electron chi connectivity index (χ1n) is 7.37. The van der Waals surface area contributed by atoms with Gasteiger partial charge in [-0.15, -0.1) is 0 Å². The summed E-state index contributed by atoms with van der Waals surface area (Å²) in [5.41, 5.74) is 1.98. The zero-order valence-corrected chi connectivity index (χ0v) is 12.4. The van der Waals surface area contributed by atoms with Gasteiger partial charge in [0.25, 0.3) is 0 Å². The molecule has 2 rings (SSSR count). The summed E-state index contributed by atoms with van der Waals surface area (Å²) in [7, 11) is 0. The lowest BCUT2D eigenvalue weighted by molar-refractivity contribution is 0.0925. The molecule has 2 nitrogen and oxygen atoms in total. The Balaban J connectivity index is 1.89. The Labute approximate surface area is 116 Å². The number of piperidine rings is 1. The Bertz CT molecular complexity index is 431. The second-order valence-electron chi connectivity index (χ2n) is 6.19. The van der Waals surface area contributed by atoms with Crippen LogP contribution in [0.2, 0.25) is 0 Å². The molecule has 2 heteroatoms. The number of aryl methyl sites for hydroxylation is 1. The van der Waals surface area contributed by atoms with Gasteiger partial charge in [0.15, 0.2) is 5.78 Å². The summed E-state index contributed by atoms with van der Waals surface area (Å²) < 4.78 is 0. The molecule has 104 valence electrons. The third kappa shape index (κ3) is 3.90. The van der Waals surface area contributed by atoms with Crippen LogP contribution < -0.4 is 0 Å². The van der Waals surface area contributed by atoms with Gasteiger partial charge >= 0.3 is 0 Å². The maximum atomic E-state index is 12.2. The van der Waals surface area contributed by atoms with Crippen molar-refractivity contribution in [1.82, 2.24) is 4.90 Å². The number of ketones is 1. The Morgan fingerprint density at radius 3 is 2.47 bits per heavy atom. The zero-order valence-electron chi connectivity index (χ0n) is 12.4. The molecule has 2 atom stereocenters. The highest BCUT2D eigenvalue weighted by Gasteiger charge is 2.22. The normalized spacial score (nSPS) is 24.4. The van der Waals surface area contributed by atoms with E-state index in [0.29, 0.717) is 6.42 Å². The Morgan fingerprint density at radius 2 is 1.84 bits per heavy atom. The van der Waals surface area contributed by atoms with Crippen LogP contribution in [-0.2, 0) is 0 Å². The van der Waals surface area contributed by atoms with Crippen LogP contribution in [0, 0.1) is 18.8 Å². The number of rotatable bonds is 4. The third-order valence-corrected chi connectivity index (χ3v) is 4.05. The van der Waals surface area contributed by atoms with Gasteiger partial charge in [-0.05, 0) is 30.7 Å². The molecule has 0 N–H and O–H groups in total. The summed E-state index contributed by atoms with van der Waals surface area (Å²) in [6.45, 7) is 9.83. The molecular weight excluding hydrogens is 234 g/mol. The zero-order chi connectivity index (χ0) is 13.8. The summed E-state index contributed by atoms with van der Waals surface area (Å²) in [6.07, 6.45) is 1.96. The predicted molar refractivity (Wildman–Crippen MR) is 79.5 cm³/mol. The number of hydrogen-bond acceptors (Lipinski definition) is 2. The molecule has 1 fully saturated rings. The van der Waals surface area contributed by atoms with Crippen molar-refractivity contribution in [3.63, 3.8) is 0 Å². The van der Waals surface area contributed by atoms with E-state index >= 15 is 0 Å². The fourth-order valence-corrected chi connectivity index (χ4v) is 3.25. The van der Waals surface area contributed by atoms with Crippen LogP contribution in [0.25, 0.3) is 0 Å². The van der Waals surface area contributed by atoms with Gasteiger partial charge in [0.1, 0.15) is 0 Å². The van der Waals surface area contributed by atoms with Crippen LogP contribution in [0.4, 0.5) is 0 Å². The van der Waals surface area contributed by atoms with E-state index in [1.165, 1.54) is 6.42 Å². The van der Waals surface area contributed by atoms with Crippen molar-refractivity contribution in [2.24, 2.45) is 11.8 Å². The lowest BCUT2D eigenvalue weighted by Gasteiger charge is -2.34. The summed E-state index contributed by atoms with van der Waals surface area (Å²) in [6, 6.07) is 7.89. The molecule has 1 heterocycles. The van der Waals surface area contributed by atoms with Gasteiger partial charge in [-0.25, -0.2) is 0 Å². The number of nitrogens with zero attached hydrogens (tertiary/aromatic N) is 1. The summed E-state index contributed by atoms with van der Waals surface area (Å²) in [4.78, 5) is 14.7. The van der Waals surface area contributed by atoms with E-state index in [-0.39, 0.29) is 5.78 Å². The highest BCUT2D eigenvalue weighted by Crippen LogP contribution is 2.21. The number of Topliss-reactive ketones (excluding diaryl/α,β-unsaturated/α-hetero) is 1.